The molecule has 2 aromatic rings. The van der Waals surface area contributed by atoms with Crippen LogP contribution in [-0.2, 0) is 9.59 Å². The van der Waals surface area contributed by atoms with Crippen molar-refractivity contribution in [2.75, 3.05) is 4.90 Å². The summed E-state index contributed by atoms with van der Waals surface area (Å²) in [4.78, 5) is 26.3. The van der Waals surface area contributed by atoms with Gasteiger partial charge in [-0.15, -0.1) is 8.78 Å². The highest BCUT2D eigenvalue weighted by Crippen LogP contribution is 2.44. The highest BCUT2D eigenvalue weighted by Gasteiger charge is 2.44. The molecule has 4 rings (SSSR count). The van der Waals surface area contributed by atoms with Crippen molar-refractivity contribution in [2.45, 2.75) is 6.29 Å². The van der Waals surface area contributed by atoms with Crippen molar-refractivity contribution in [3.05, 3.63) is 58.6 Å². The van der Waals surface area contributed by atoms with Crippen molar-refractivity contribution >= 4 is 52.5 Å². The largest absolute Gasteiger partial charge is 0.586 e. The Labute approximate surface area is 167 Å². The quantitative estimate of drug-likeness (QED) is 0.456. The van der Waals surface area contributed by atoms with Gasteiger partial charge >= 0.3 is 6.29 Å². The van der Waals surface area contributed by atoms with Crippen LogP contribution in [0, 0.1) is 0 Å². The number of anilines is 1. The standard InChI is InChI=1S/C18H9ClF2N2O4S/c19-10-4-6-11(7-5-10)23-16(25)12(15(24)22-17(23)28)8-9-2-1-3-13-14(9)27-18(20,21)26-13/h1-8H,(H,22,24,28). The molecule has 6 nitrogen and oxygen atoms in total. The van der Waals surface area contributed by atoms with E-state index >= 15 is 0 Å². The molecule has 0 spiro atoms. The van der Waals surface area contributed by atoms with Gasteiger partial charge in [-0.2, -0.15) is 0 Å². The molecule has 0 radical (unpaired) electrons. The molecular weight excluding hydrogens is 414 g/mol. The summed E-state index contributed by atoms with van der Waals surface area (Å²) >= 11 is 10.9. The number of rotatable bonds is 2. The van der Waals surface area contributed by atoms with Gasteiger partial charge in [0.25, 0.3) is 11.8 Å². The maximum atomic E-state index is 13.4. The number of alkyl halides is 2. The smallest absolute Gasteiger partial charge is 0.395 e. The second kappa shape index (κ2) is 6.54. The zero-order valence-electron chi connectivity index (χ0n) is 13.7. The van der Waals surface area contributed by atoms with E-state index in [0.717, 1.165) is 11.0 Å². The lowest BCUT2D eigenvalue weighted by atomic mass is 10.1. The molecular formula is C18H9ClF2N2O4S. The highest BCUT2D eigenvalue weighted by atomic mass is 35.5. The second-order valence-electron chi connectivity index (χ2n) is 5.78. The van der Waals surface area contributed by atoms with Gasteiger partial charge in [0.15, 0.2) is 16.6 Å². The van der Waals surface area contributed by atoms with E-state index in [-0.39, 0.29) is 27.7 Å². The van der Waals surface area contributed by atoms with Crippen molar-refractivity contribution in [3.63, 3.8) is 0 Å². The van der Waals surface area contributed by atoms with Crippen LogP contribution < -0.4 is 19.7 Å². The van der Waals surface area contributed by atoms with E-state index < -0.39 is 18.1 Å². The molecule has 1 saturated heterocycles. The van der Waals surface area contributed by atoms with Gasteiger partial charge in [0.2, 0.25) is 0 Å². The second-order valence-corrected chi connectivity index (χ2v) is 6.60. The van der Waals surface area contributed by atoms with Crippen LogP contribution in [0.2, 0.25) is 5.02 Å². The molecule has 2 aromatic carbocycles. The van der Waals surface area contributed by atoms with Crippen LogP contribution in [0.15, 0.2) is 48.0 Å². The van der Waals surface area contributed by atoms with Crippen LogP contribution in [0.5, 0.6) is 11.5 Å². The fourth-order valence-corrected chi connectivity index (χ4v) is 3.15. The summed E-state index contributed by atoms with van der Waals surface area (Å²) in [6.45, 7) is 0. The number of benzene rings is 2. The number of hydrogen-bond donors (Lipinski definition) is 1. The third-order valence-corrected chi connectivity index (χ3v) is 4.48. The number of hydrogen-bond acceptors (Lipinski definition) is 5. The Morgan fingerprint density at radius 3 is 2.54 bits per heavy atom. The molecule has 0 saturated carbocycles. The molecule has 0 bridgehead atoms. The maximum absolute atomic E-state index is 13.4. The third-order valence-electron chi connectivity index (χ3n) is 3.95. The number of halogens is 3. The van der Waals surface area contributed by atoms with Gasteiger partial charge in [-0.25, -0.2) is 0 Å². The molecule has 1 N–H and O–H groups in total. The Morgan fingerprint density at radius 2 is 1.82 bits per heavy atom. The minimum atomic E-state index is -3.83. The number of nitrogens with zero attached hydrogens (tertiary/aromatic N) is 1. The molecule has 2 aliphatic heterocycles. The molecule has 28 heavy (non-hydrogen) atoms. The van der Waals surface area contributed by atoms with Gasteiger partial charge in [-0.05, 0) is 48.6 Å². The van der Waals surface area contributed by atoms with Crippen molar-refractivity contribution < 1.29 is 27.8 Å². The van der Waals surface area contributed by atoms with Gasteiger partial charge < -0.3 is 9.47 Å². The van der Waals surface area contributed by atoms with Crippen molar-refractivity contribution in [1.82, 2.24) is 5.32 Å². The molecule has 2 aliphatic rings. The van der Waals surface area contributed by atoms with E-state index in [4.69, 9.17) is 23.8 Å². The highest BCUT2D eigenvalue weighted by molar-refractivity contribution is 7.80. The molecule has 142 valence electrons. The molecule has 0 aromatic heterocycles. The topological polar surface area (TPSA) is 67.9 Å². The summed E-state index contributed by atoms with van der Waals surface area (Å²) in [7, 11) is 0. The number of fused-ring (bicyclic) bond motifs is 1. The predicted octanol–water partition coefficient (Wildman–Crippen LogP) is 3.49. The minimum Gasteiger partial charge on any atom is -0.395 e. The molecule has 0 atom stereocenters. The maximum Gasteiger partial charge on any atom is 0.586 e. The number of carbonyl (C=O) groups excluding carboxylic acids is 2. The van der Waals surface area contributed by atoms with Crippen LogP contribution in [0.1, 0.15) is 5.56 Å². The van der Waals surface area contributed by atoms with Crippen LogP contribution in [-0.4, -0.2) is 23.2 Å². The van der Waals surface area contributed by atoms with Gasteiger partial charge in [0, 0.05) is 10.6 Å². The Kier molecular flexibility index (Phi) is 4.28. The Hall–Kier alpha value is -3.04. The number of amides is 2. The van der Waals surface area contributed by atoms with Crippen LogP contribution >= 0.6 is 23.8 Å². The lowest BCUT2D eigenvalue weighted by Crippen LogP contribution is -2.54. The molecule has 1 fully saturated rings. The summed E-state index contributed by atoms with van der Waals surface area (Å²) in [5.74, 6) is -1.96. The molecule has 0 aliphatic carbocycles. The van der Waals surface area contributed by atoms with E-state index in [1.807, 2.05) is 0 Å². The van der Waals surface area contributed by atoms with Gasteiger partial charge in [-0.3, -0.25) is 19.8 Å². The first-order valence-electron chi connectivity index (χ1n) is 7.81. The predicted molar refractivity (Wildman–Crippen MR) is 100 cm³/mol. The lowest BCUT2D eigenvalue weighted by molar-refractivity contribution is -0.286. The third kappa shape index (κ3) is 3.19. The fraction of sp³-hybridized carbons (Fsp3) is 0.0556. The summed E-state index contributed by atoms with van der Waals surface area (Å²) in [5.41, 5.74) is 0.155. The van der Waals surface area contributed by atoms with E-state index in [1.165, 1.54) is 18.2 Å². The normalized spacial score (nSPS) is 19.2. The molecule has 2 amide bonds. The van der Waals surface area contributed by atoms with Gasteiger partial charge in [0.05, 0.1) is 5.69 Å². The average Bonchev–Trinajstić information content (AvgIpc) is 2.94. The first-order valence-corrected chi connectivity index (χ1v) is 8.60. The summed E-state index contributed by atoms with van der Waals surface area (Å²) in [6, 6.07) is 10.4. The molecule has 2 heterocycles. The Balaban J connectivity index is 1.75. The summed E-state index contributed by atoms with van der Waals surface area (Å²) in [6.07, 6.45) is -2.68. The van der Waals surface area contributed by atoms with Crippen LogP contribution in [0.25, 0.3) is 6.08 Å². The van der Waals surface area contributed by atoms with Gasteiger partial charge in [-0.1, -0.05) is 23.7 Å². The number of carbonyl (C=O) groups is 2. The number of nitrogens with one attached hydrogen (secondary N) is 1. The molecule has 10 heteroatoms. The SMILES string of the molecule is O=C1NC(=S)N(c2ccc(Cl)cc2)C(=O)C1=Cc1cccc2c1OC(F)(F)O2. The summed E-state index contributed by atoms with van der Waals surface area (Å²) < 4.78 is 35.6. The first-order chi connectivity index (χ1) is 13.2. The van der Waals surface area contributed by atoms with Gasteiger partial charge in [0.1, 0.15) is 5.57 Å². The Bertz CT molecular complexity index is 1060. The average molecular weight is 423 g/mol. The number of thiocarbonyl (C=S) groups is 1. The van der Waals surface area contributed by atoms with E-state index in [9.17, 15) is 18.4 Å². The number of para-hydroxylation sites is 1. The first kappa shape index (κ1) is 18.3. The van der Waals surface area contributed by atoms with Crippen molar-refractivity contribution in [1.29, 1.82) is 0 Å². The number of ether oxygens (including phenoxy) is 2. The summed E-state index contributed by atoms with van der Waals surface area (Å²) in [5, 5.41) is 2.75. The molecule has 0 unspecified atom stereocenters. The van der Waals surface area contributed by atoms with E-state index in [0.29, 0.717) is 10.7 Å². The zero-order chi connectivity index (χ0) is 20.1. The van der Waals surface area contributed by atoms with E-state index in [1.54, 1.807) is 24.3 Å². The minimum absolute atomic E-state index is 0.0806. The van der Waals surface area contributed by atoms with Crippen LogP contribution in [0.3, 0.4) is 0 Å². The fourth-order valence-electron chi connectivity index (χ4n) is 2.74. The Morgan fingerprint density at radius 1 is 1.11 bits per heavy atom. The zero-order valence-corrected chi connectivity index (χ0v) is 15.3. The van der Waals surface area contributed by atoms with E-state index in [2.05, 4.69) is 14.8 Å². The van der Waals surface area contributed by atoms with Crippen molar-refractivity contribution in [3.8, 4) is 11.5 Å². The monoisotopic (exact) mass is 422 g/mol. The van der Waals surface area contributed by atoms with Crippen LogP contribution in [0.4, 0.5) is 14.5 Å². The lowest BCUT2D eigenvalue weighted by Gasteiger charge is -2.29. The van der Waals surface area contributed by atoms with Crippen molar-refractivity contribution in [2.24, 2.45) is 0 Å².